The van der Waals surface area contributed by atoms with E-state index in [-0.39, 0.29) is 0 Å². The molecule has 2 aromatic heterocycles. The van der Waals surface area contributed by atoms with Crippen LogP contribution in [-0.2, 0) is 5.41 Å². The number of aromatic nitrogens is 2. The van der Waals surface area contributed by atoms with Gasteiger partial charge in [-0.05, 0) is 79.9 Å². The lowest BCUT2D eigenvalue weighted by atomic mass is 9.67. The van der Waals surface area contributed by atoms with E-state index in [0.29, 0.717) is 5.82 Å². The lowest BCUT2D eigenvalue weighted by molar-refractivity contribution is 0.769. The molecule has 1 aliphatic carbocycles. The molecule has 2 nitrogen and oxygen atoms in total. The summed E-state index contributed by atoms with van der Waals surface area (Å²) in [5, 5.41) is 2.62. The van der Waals surface area contributed by atoms with Gasteiger partial charge in [-0.2, -0.15) is 0 Å². The van der Waals surface area contributed by atoms with Crippen LogP contribution >= 0.6 is 11.3 Å². The van der Waals surface area contributed by atoms with Crippen LogP contribution in [0.3, 0.4) is 0 Å². The molecule has 3 heteroatoms. The van der Waals surface area contributed by atoms with Gasteiger partial charge in [-0.3, -0.25) is 0 Å². The van der Waals surface area contributed by atoms with Crippen molar-refractivity contribution in [2.24, 2.45) is 0 Å². The summed E-state index contributed by atoms with van der Waals surface area (Å²) in [6.07, 6.45) is 0. The van der Waals surface area contributed by atoms with Crippen LogP contribution in [-0.4, -0.2) is 9.97 Å². The maximum atomic E-state index is 5.33. The highest BCUT2D eigenvalue weighted by molar-refractivity contribution is 7.25. The minimum Gasteiger partial charge on any atom is -0.228 e. The lowest BCUT2D eigenvalue weighted by Gasteiger charge is -2.34. The van der Waals surface area contributed by atoms with E-state index < -0.39 is 5.41 Å². The molecule has 0 spiro atoms. The number of rotatable bonds is 7. The molecule has 0 saturated heterocycles. The molecule has 0 bridgehead atoms. The second-order valence-corrected chi connectivity index (χ2v) is 17.1. The van der Waals surface area contributed by atoms with E-state index in [1.54, 1.807) is 0 Å². The molecule has 0 atom stereocenters. The zero-order chi connectivity index (χ0) is 41.0. The van der Waals surface area contributed by atoms with Gasteiger partial charge < -0.3 is 0 Å². The first-order valence-corrected chi connectivity index (χ1v) is 22.0. The Balaban J connectivity index is 1.01. The summed E-state index contributed by atoms with van der Waals surface area (Å²) in [6, 6.07) is 83.4. The van der Waals surface area contributed by atoms with Crippen molar-refractivity contribution in [3.63, 3.8) is 0 Å². The van der Waals surface area contributed by atoms with Gasteiger partial charge in [-0.25, -0.2) is 9.97 Å². The van der Waals surface area contributed by atoms with Gasteiger partial charge in [0, 0.05) is 36.9 Å². The number of nitrogens with zero attached hydrogens (tertiary/aromatic N) is 2. The molecule has 0 amide bonds. The van der Waals surface area contributed by atoms with Crippen molar-refractivity contribution < 1.29 is 0 Å². The van der Waals surface area contributed by atoms with Gasteiger partial charge in [0.25, 0.3) is 0 Å². The minimum atomic E-state index is -0.490. The third-order valence-electron chi connectivity index (χ3n) is 12.6. The molecule has 0 radical (unpaired) electrons. The molecule has 0 fully saturated rings. The molecule has 0 N–H and O–H groups in total. The number of hydrogen-bond donors (Lipinski definition) is 0. The van der Waals surface area contributed by atoms with Crippen LogP contribution in [0.5, 0.6) is 0 Å². The molecule has 9 aromatic carbocycles. The predicted octanol–water partition coefficient (Wildman–Crippen LogP) is 15.5. The number of thiophene rings is 1. The molecule has 0 unspecified atom stereocenters. The van der Waals surface area contributed by atoms with Gasteiger partial charge in [-0.15, -0.1) is 11.3 Å². The van der Waals surface area contributed by atoms with Crippen LogP contribution in [0.4, 0.5) is 0 Å². The predicted molar refractivity (Wildman–Crippen MR) is 259 cm³/mol. The summed E-state index contributed by atoms with van der Waals surface area (Å²) in [4.78, 5) is 10.6. The van der Waals surface area contributed by atoms with Crippen LogP contribution in [0, 0.1) is 0 Å². The number of fused-ring (bicyclic) bond motifs is 6. The Kier molecular flexibility index (Phi) is 8.62. The molecular weight excluding hydrogens is 769 g/mol. The Morgan fingerprint density at radius 3 is 1.63 bits per heavy atom. The number of benzene rings is 9. The largest absolute Gasteiger partial charge is 0.228 e. The highest BCUT2D eigenvalue weighted by Crippen LogP contribution is 2.57. The summed E-state index contributed by atoms with van der Waals surface area (Å²) in [5.41, 5.74) is 16.7. The zero-order valence-electron chi connectivity index (χ0n) is 33.7. The van der Waals surface area contributed by atoms with Crippen molar-refractivity contribution >= 4 is 31.5 Å². The van der Waals surface area contributed by atoms with Gasteiger partial charge in [-0.1, -0.05) is 206 Å². The van der Waals surface area contributed by atoms with Crippen LogP contribution in [0.2, 0.25) is 0 Å². The van der Waals surface area contributed by atoms with Crippen LogP contribution < -0.4 is 0 Å². The lowest BCUT2D eigenvalue weighted by Crippen LogP contribution is -2.28. The van der Waals surface area contributed by atoms with Gasteiger partial charge >= 0.3 is 0 Å². The fourth-order valence-corrected chi connectivity index (χ4v) is 11.0. The third-order valence-corrected chi connectivity index (χ3v) is 13.8. The molecule has 2 heterocycles. The minimum absolute atomic E-state index is 0.490. The van der Waals surface area contributed by atoms with E-state index in [1.807, 2.05) is 17.4 Å². The van der Waals surface area contributed by atoms with Gasteiger partial charge in [0.15, 0.2) is 5.82 Å². The van der Waals surface area contributed by atoms with Gasteiger partial charge in [0.1, 0.15) is 0 Å². The SMILES string of the molecule is c1ccc(-c2nc(-c3ccc(-c4cccc5sc6ccccc6c45)cc3)cc(-c3ccccc3-c3ccc4c(c3)C(c3ccccc3)(c3ccccc3)c3ccccc3-4)n2)cc1. The van der Waals surface area contributed by atoms with E-state index in [4.69, 9.17) is 9.97 Å². The Morgan fingerprint density at radius 1 is 0.323 bits per heavy atom. The molecule has 1 aliphatic rings. The molecular formula is C59H38N2S. The van der Waals surface area contributed by atoms with Crippen LogP contribution in [0.1, 0.15) is 22.3 Å². The second kappa shape index (κ2) is 14.8. The molecule has 62 heavy (non-hydrogen) atoms. The van der Waals surface area contributed by atoms with Crippen molar-refractivity contribution in [1.29, 1.82) is 0 Å². The quantitative estimate of drug-likeness (QED) is 0.160. The summed E-state index contributed by atoms with van der Waals surface area (Å²) in [5.74, 6) is 0.697. The van der Waals surface area contributed by atoms with Crippen molar-refractivity contribution in [3.8, 4) is 67.3 Å². The topological polar surface area (TPSA) is 25.8 Å². The number of hydrogen-bond acceptors (Lipinski definition) is 3. The molecule has 12 rings (SSSR count). The fraction of sp³-hybridized carbons (Fsp3) is 0.0169. The van der Waals surface area contributed by atoms with E-state index in [0.717, 1.165) is 39.2 Å². The third kappa shape index (κ3) is 5.78. The summed E-state index contributed by atoms with van der Waals surface area (Å²) < 4.78 is 2.61. The first kappa shape index (κ1) is 36.2. The Morgan fingerprint density at radius 2 is 0.871 bits per heavy atom. The summed E-state index contributed by atoms with van der Waals surface area (Å²) in [6.45, 7) is 0. The molecule has 0 saturated carbocycles. The monoisotopic (exact) mass is 806 g/mol. The Hall–Kier alpha value is -7.72. The first-order chi connectivity index (χ1) is 30.7. The maximum absolute atomic E-state index is 5.33. The Bertz CT molecular complexity index is 3400. The van der Waals surface area contributed by atoms with Crippen molar-refractivity contribution in [2.75, 3.05) is 0 Å². The normalized spacial score (nSPS) is 12.6. The maximum Gasteiger partial charge on any atom is 0.160 e. The van der Waals surface area contributed by atoms with Crippen LogP contribution in [0.15, 0.2) is 231 Å². The average molecular weight is 807 g/mol. The molecule has 11 aromatic rings. The summed E-state index contributed by atoms with van der Waals surface area (Å²) >= 11 is 1.85. The van der Waals surface area contributed by atoms with E-state index in [1.165, 1.54) is 64.7 Å². The van der Waals surface area contributed by atoms with E-state index >= 15 is 0 Å². The smallest absolute Gasteiger partial charge is 0.160 e. The second-order valence-electron chi connectivity index (χ2n) is 16.0. The highest BCUT2D eigenvalue weighted by Gasteiger charge is 2.46. The van der Waals surface area contributed by atoms with Crippen molar-refractivity contribution in [2.45, 2.75) is 5.41 Å². The average Bonchev–Trinajstić information content (AvgIpc) is 3.89. The standard InChI is InChI=1S/C59H38N2S/c1-4-17-41(18-5-1)58-60-53(40-33-31-39(32-34-40)46-27-16-30-56-57(46)50-26-13-15-29-55(50)62-56)38-54(61-58)49-25-11-10-23-45(49)42-35-36-48-47-24-12-14-28-51(47)59(52(48)37-42,43-19-6-2-7-20-43)44-21-8-3-9-22-44/h1-38H. The highest BCUT2D eigenvalue weighted by atomic mass is 32.1. The molecule has 0 aliphatic heterocycles. The first-order valence-electron chi connectivity index (χ1n) is 21.1. The van der Waals surface area contributed by atoms with Crippen molar-refractivity contribution in [1.82, 2.24) is 9.97 Å². The fourth-order valence-electron chi connectivity index (χ4n) is 9.86. The van der Waals surface area contributed by atoms with Crippen molar-refractivity contribution in [3.05, 3.63) is 253 Å². The van der Waals surface area contributed by atoms with Gasteiger partial charge in [0.05, 0.1) is 16.8 Å². The van der Waals surface area contributed by atoms with E-state index in [9.17, 15) is 0 Å². The summed E-state index contributed by atoms with van der Waals surface area (Å²) in [7, 11) is 0. The molecule has 290 valence electrons. The van der Waals surface area contributed by atoms with Crippen LogP contribution in [0.25, 0.3) is 87.5 Å². The zero-order valence-corrected chi connectivity index (χ0v) is 34.6. The Labute approximate surface area is 365 Å². The van der Waals surface area contributed by atoms with E-state index in [2.05, 4.69) is 224 Å². The van der Waals surface area contributed by atoms with Gasteiger partial charge in [0.2, 0.25) is 0 Å².